The molecule has 5 rings (SSSR count). The van der Waals surface area contributed by atoms with Crippen LogP contribution in [0.5, 0.6) is 0 Å². The number of anilines is 1. The standard InChI is InChI=1S/C26H28N2O2.C2HF3O2/c1-20(21-7-3-2-4-8-21)28-18-26(16-25(28)29)17-27(13-14-30-19-26)24-12-11-22-9-5-6-10-23(22)15-24;3-2(4,5)1(6)7/h2-12,15,20H,13-14,16-19H2,1H3;(H,6,7). The number of amides is 1. The Morgan fingerprint density at radius 3 is 2.32 bits per heavy atom. The molecule has 2 saturated heterocycles. The molecule has 9 heteroatoms. The van der Waals surface area contributed by atoms with Gasteiger partial charge in [0.25, 0.3) is 0 Å². The lowest BCUT2D eigenvalue weighted by molar-refractivity contribution is -0.192. The Bertz CT molecular complexity index is 1250. The van der Waals surface area contributed by atoms with Gasteiger partial charge in [-0.1, -0.05) is 60.7 Å². The minimum absolute atomic E-state index is 0.0791. The summed E-state index contributed by atoms with van der Waals surface area (Å²) in [6, 6.07) is 25.5. The number of fused-ring (bicyclic) bond motifs is 1. The summed E-state index contributed by atoms with van der Waals surface area (Å²) in [4.78, 5) is 26.4. The average molecular weight is 515 g/mol. The van der Waals surface area contributed by atoms with Crippen LogP contribution >= 0.6 is 0 Å². The van der Waals surface area contributed by atoms with Gasteiger partial charge in [0.15, 0.2) is 0 Å². The fourth-order valence-corrected chi connectivity index (χ4v) is 4.98. The van der Waals surface area contributed by atoms with Gasteiger partial charge in [-0.2, -0.15) is 13.2 Å². The van der Waals surface area contributed by atoms with Crippen molar-refractivity contribution in [3.05, 3.63) is 78.4 Å². The van der Waals surface area contributed by atoms with E-state index in [0.717, 1.165) is 19.6 Å². The van der Waals surface area contributed by atoms with Crippen molar-refractivity contribution in [2.24, 2.45) is 5.41 Å². The zero-order valence-corrected chi connectivity index (χ0v) is 20.4. The number of alkyl halides is 3. The van der Waals surface area contributed by atoms with Crippen molar-refractivity contribution in [2.75, 3.05) is 37.7 Å². The van der Waals surface area contributed by atoms with E-state index in [1.165, 1.54) is 22.0 Å². The Balaban J connectivity index is 0.000000405. The minimum atomic E-state index is -5.08. The van der Waals surface area contributed by atoms with Gasteiger partial charge in [0.2, 0.25) is 5.91 Å². The molecule has 0 radical (unpaired) electrons. The number of aliphatic carboxylic acids is 1. The topological polar surface area (TPSA) is 70.1 Å². The maximum absolute atomic E-state index is 13.0. The van der Waals surface area contributed by atoms with E-state index in [9.17, 15) is 18.0 Å². The van der Waals surface area contributed by atoms with Crippen molar-refractivity contribution >= 4 is 28.3 Å². The molecule has 3 aromatic carbocycles. The first kappa shape index (κ1) is 26.5. The predicted molar refractivity (Wildman–Crippen MR) is 134 cm³/mol. The first-order chi connectivity index (χ1) is 17.6. The summed E-state index contributed by atoms with van der Waals surface area (Å²) in [6.07, 6.45) is -4.53. The van der Waals surface area contributed by atoms with Crippen LogP contribution in [0.4, 0.5) is 18.9 Å². The monoisotopic (exact) mass is 514 g/mol. The number of likely N-dealkylation sites (tertiary alicyclic amines) is 1. The summed E-state index contributed by atoms with van der Waals surface area (Å²) < 4.78 is 37.8. The van der Waals surface area contributed by atoms with Crippen LogP contribution < -0.4 is 4.90 Å². The lowest BCUT2D eigenvalue weighted by atomic mass is 9.87. The molecule has 1 amide bonds. The van der Waals surface area contributed by atoms with Crippen LogP contribution in [0.2, 0.25) is 0 Å². The third kappa shape index (κ3) is 6.22. The van der Waals surface area contributed by atoms with Crippen molar-refractivity contribution < 1.29 is 32.6 Å². The van der Waals surface area contributed by atoms with Gasteiger partial charge in [-0.3, -0.25) is 4.79 Å². The molecule has 0 aliphatic carbocycles. The van der Waals surface area contributed by atoms with Crippen molar-refractivity contribution in [1.82, 2.24) is 4.90 Å². The molecule has 2 aliphatic heterocycles. The normalized spacial score (nSPS) is 20.9. The van der Waals surface area contributed by atoms with E-state index in [2.05, 4.69) is 66.4 Å². The molecule has 0 aromatic heterocycles. The SMILES string of the molecule is CC(c1ccccc1)N1CC2(COCCN(c3ccc4ccccc4c3)C2)CC1=O.O=C(O)C(F)(F)F. The lowest BCUT2D eigenvalue weighted by Crippen LogP contribution is -2.41. The highest BCUT2D eigenvalue weighted by molar-refractivity contribution is 5.86. The molecule has 1 N–H and O–H groups in total. The average Bonchev–Trinajstić information content (AvgIpc) is 3.06. The van der Waals surface area contributed by atoms with Gasteiger partial charge in [0.1, 0.15) is 0 Å². The fourth-order valence-electron chi connectivity index (χ4n) is 4.98. The molecule has 196 valence electrons. The first-order valence-electron chi connectivity index (χ1n) is 12.0. The van der Waals surface area contributed by atoms with Crippen LogP contribution in [0, 0.1) is 5.41 Å². The van der Waals surface area contributed by atoms with E-state index < -0.39 is 12.1 Å². The van der Waals surface area contributed by atoms with Crippen LogP contribution in [0.1, 0.15) is 24.9 Å². The van der Waals surface area contributed by atoms with Crippen LogP contribution in [0.3, 0.4) is 0 Å². The Kier molecular flexibility index (Phi) is 7.73. The molecular weight excluding hydrogens is 485 g/mol. The van der Waals surface area contributed by atoms with Gasteiger partial charge < -0.3 is 19.6 Å². The number of carbonyl (C=O) groups is 2. The molecule has 0 saturated carbocycles. The fraction of sp³-hybridized carbons (Fsp3) is 0.357. The third-order valence-electron chi connectivity index (χ3n) is 6.88. The first-order valence-corrected chi connectivity index (χ1v) is 12.0. The van der Waals surface area contributed by atoms with Crippen LogP contribution in [0.25, 0.3) is 10.8 Å². The number of carboxylic acids is 1. The van der Waals surface area contributed by atoms with Gasteiger partial charge in [-0.15, -0.1) is 0 Å². The Morgan fingerprint density at radius 1 is 1.00 bits per heavy atom. The summed E-state index contributed by atoms with van der Waals surface area (Å²) >= 11 is 0. The predicted octanol–water partition coefficient (Wildman–Crippen LogP) is 5.29. The second kappa shape index (κ2) is 10.8. The highest BCUT2D eigenvalue weighted by Gasteiger charge is 2.47. The number of halogens is 3. The van der Waals surface area contributed by atoms with Gasteiger partial charge in [0.05, 0.1) is 19.3 Å². The Labute approximate surface area is 213 Å². The highest BCUT2D eigenvalue weighted by atomic mass is 19.4. The molecule has 2 fully saturated rings. The zero-order valence-electron chi connectivity index (χ0n) is 20.4. The van der Waals surface area contributed by atoms with Crippen molar-refractivity contribution in [3.8, 4) is 0 Å². The third-order valence-corrected chi connectivity index (χ3v) is 6.88. The molecular formula is C28H29F3N2O4. The number of carbonyl (C=O) groups excluding carboxylic acids is 1. The molecule has 1 spiro atoms. The van der Waals surface area contributed by atoms with Crippen LogP contribution in [-0.2, 0) is 14.3 Å². The Morgan fingerprint density at radius 2 is 1.65 bits per heavy atom. The zero-order chi connectivity index (χ0) is 26.6. The van der Waals surface area contributed by atoms with Gasteiger partial charge in [-0.25, -0.2) is 4.79 Å². The van der Waals surface area contributed by atoms with E-state index in [-0.39, 0.29) is 17.4 Å². The van der Waals surface area contributed by atoms with Gasteiger partial charge in [0, 0.05) is 37.2 Å². The number of rotatable bonds is 3. The number of benzene rings is 3. The summed E-state index contributed by atoms with van der Waals surface area (Å²) in [7, 11) is 0. The molecule has 2 atom stereocenters. The smallest absolute Gasteiger partial charge is 0.475 e. The molecule has 2 heterocycles. The summed E-state index contributed by atoms with van der Waals surface area (Å²) in [5.74, 6) is -2.53. The lowest BCUT2D eigenvalue weighted by Gasteiger charge is -2.34. The minimum Gasteiger partial charge on any atom is -0.475 e. The van der Waals surface area contributed by atoms with E-state index in [1.807, 2.05) is 23.1 Å². The number of nitrogens with zero attached hydrogens (tertiary/aromatic N) is 2. The maximum atomic E-state index is 13.0. The number of hydrogen-bond donors (Lipinski definition) is 1. The Hall–Kier alpha value is -3.59. The second-order valence-electron chi connectivity index (χ2n) is 9.59. The van der Waals surface area contributed by atoms with E-state index in [4.69, 9.17) is 14.6 Å². The van der Waals surface area contributed by atoms with E-state index in [1.54, 1.807) is 0 Å². The van der Waals surface area contributed by atoms with Gasteiger partial charge >= 0.3 is 12.1 Å². The van der Waals surface area contributed by atoms with Gasteiger partial charge in [-0.05, 0) is 35.4 Å². The number of ether oxygens (including phenoxy) is 1. The molecule has 6 nitrogen and oxygen atoms in total. The highest BCUT2D eigenvalue weighted by Crippen LogP contribution is 2.39. The van der Waals surface area contributed by atoms with Crippen LogP contribution in [0.15, 0.2) is 72.8 Å². The maximum Gasteiger partial charge on any atom is 0.490 e. The largest absolute Gasteiger partial charge is 0.490 e. The molecule has 0 bridgehead atoms. The molecule has 2 aliphatic rings. The van der Waals surface area contributed by atoms with Crippen LogP contribution in [-0.4, -0.2) is 60.9 Å². The second-order valence-corrected chi connectivity index (χ2v) is 9.59. The number of hydrogen-bond acceptors (Lipinski definition) is 4. The summed E-state index contributed by atoms with van der Waals surface area (Å²) in [6.45, 7) is 5.90. The van der Waals surface area contributed by atoms with Crippen molar-refractivity contribution in [3.63, 3.8) is 0 Å². The van der Waals surface area contributed by atoms with E-state index in [0.29, 0.717) is 19.6 Å². The summed E-state index contributed by atoms with van der Waals surface area (Å²) in [5.41, 5.74) is 2.23. The van der Waals surface area contributed by atoms with Crippen molar-refractivity contribution in [1.29, 1.82) is 0 Å². The quantitative estimate of drug-likeness (QED) is 0.515. The van der Waals surface area contributed by atoms with Crippen molar-refractivity contribution in [2.45, 2.75) is 25.6 Å². The molecule has 2 unspecified atom stereocenters. The van der Waals surface area contributed by atoms with E-state index >= 15 is 0 Å². The molecule has 3 aromatic rings. The summed E-state index contributed by atoms with van der Waals surface area (Å²) in [5, 5.41) is 9.62. The number of carboxylic acid groups (broad SMARTS) is 1. The molecule has 37 heavy (non-hydrogen) atoms.